The molecule has 3 aromatic rings. The normalized spacial score (nSPS) is 17.2. The molecule has 1 unspecified atom stereocenters. The average Bonchev–Trinajstić information content (AvgIpc) is 3.00. The summed E-state index contributed by atoms with van der Waals surface area (Å²) in [6, 6.07) is 10.1. The standard InChI is InChI=1S/C24H26FN3O2/c1-3-27-15-21(22(29)20-12-7-16(2)26-23(20)27)24(30)28-13-5-4-6-18(14-28)17-8-10-19(25)11-9-17/h7-12,15,18H,3-6,13-14H2,1-2H3. The van der Waals surface area contributed by atoms with Crippen LogP contribution in [-0.2, 0) is 6.54 Å². The molecule has 1 aliphatic rings. The van der Waals surface area contributed by atoms with Crippen LogP contribution in [0.2, 0.25) is 0 Å². The van der Waals surface area contributed by atoms with Crippen molar-refractivity contribution in [2.75, 3.05) is 13.1 Å². The van der Waals surface area contributed by atoms with Gasteiger partial charge in [0.2, 0.25) is 5.43 Å². The molecular formula is C24H26FN3O2. The van der Waals surface area contributed by atoms with E-state index in [1.165, 1.54) is 12.1 Å². The highest BCUT2D eigenvalue weighted by Gasteiger charge is 2.26. The van der Waals surface area contributed by atoms with Gasteiger partial charge >= 0.3 is 0 Å². The van der Waals surface area contributed by atoms with Crippen LogP contribution in [0.1, 0.15) is 53.7 Å². The molecule has 1 atom stereocenters. The Balaban J connectivity index is 1.70. The molecule has 4 rings (SSSR count). The van der Waals surface area contributed by atoms with Crippen LogP contribution in [0.3, 0.4) is 0 Å². The first-order valence-corrected chi connectivity index (χ1v) is 10.5. The fourth-order valence-electron chi connectivity index (χ4n) is 4.26. The first-order chi connectivity index (χ1) is 14.5. The Kier molecular flexibility index (Phi) is 5.66. The fraction of sp³-hybridized carbons (Fsp3) is 0.375. The van der Waals surface area contributed by atoms with Gasteiger partial charge in [0.1, 0.15) is 17.0 Å². The number of halogens is 1. The minimum atomic E-state index is -0.269. The van der Waals surface area contributed by atoms with Crippen molar-refractivity contribution in [1.29, 1.82) is 0 Å². The van der Waals surface area contributed by atoms with E-state index in [9.17, 15) is 14.0 Å². The number of benzene rings is 1. The largest absolute Gasteiger partial charge is 0.338 e. The Morgan fingerprint density at radius 2 is 1.93 bits per heavy atom. The maximum atomic E-state index is 13.4. The van der Waals surface area contributed by atoms with E-state index >= 15 is 0 Å². The van der Waals surface area contributed by atoms with Gasteiger partial charge in [0.05, 0.1) is 5.39 Å². The van der Waals surface area contributed by atoms with Gasteiger partial charge in [-0.25, -0.2) is 9.37 Å². The average molecular weight is 407 g/mol. The second-order valence-corrected chi connectivity index (χ2v) is 7.98. The summed E-state index contributed by atoms with van der Waals surface area (Å²) in [6.45, 7) is 5.62. The summed E-state index contributed by atoms with van der Waals surface area (Å²) in [6.07, 6.45) is 4.47. The number of likely N-dealkylation sites (tertiary alicyclic amines) is 1. The number of carbonyl (C=O) groups is 1. The Morgan fingerprint density at radius 3 is 2.67 bits per heavy atom. The second kappa shape index (κ2) is 8.38. The van der Waals surface area contributed by atoms with Crippen molar-refractivity contribution in [3.63, 3.8) is 0 Å². The lowest BCUT2D eigenvalue weighted by Crippen LogP contribution is -2.37. The van der Waals surface area contributed by atoms with Crippen molar-refractivity contribution in [2.45, 2.75) is 45.6 Å². The third-order valence-electron chi connectivity index (χ3n) is 5.93. The van der Waals surface area contributed by atoms with Gasteiger partial charge in [-0.2, -0.15) is 0 Å². The van der Waals surface area contributed by atoms with Gasteiger partial charge in [-0.1, -0.05) is 18.6 Å². The molecule has 1 saturated heterocycles. The summed E-state index contributed by atoms with van der Waals surface area (Å²) in [5.74, 6) is -0.366. The van der Waals surface area contributed by atoms with Crippen molar-refractivity contribution in [3.05, 3.63) is 75.5 Å². The number of amides is 1. The first kappa shape index (κ1) is 20.3. The van der Waals surface area contributed by atoms with Crippen LogP contribution in [0, 0.1) is 12.7 Å². The Labute approximate surface area is 175 Å². The summed E-state index contributed by atoms with van der Waals surface area (Å²) in [7, 11) is 0. The fourth-order valence-corrected chi connectivity index (χ4v) is 4.26. The predicted molar refractivity (Wildman–Crippen MR) is 115 cm³/mol. The van der Waals surface area contributed by atoms with Crippen LogP contribution in [0.15, 0.2) is 47.4 Å². The molecule has 0 saturated carbocycles. The topological polar surface area (TPSA) is 55.2 Å². The van der Waals surface area contributed by atoms with Gasteiger partial charge in [-0.05, 0) is 56.5 Å². The molecule has 1 aliphatic heterocycles. The molecule has 0 N–H and O–H groups in total. The molecule has 2 aromatic heterocycles. The first-order valence-electron chi connectivity index (χ1n) is 10.5. The number of pyridine rings is 2. The van der Waals surface area contributed by atoms with E-state index in [0.717, 1.165) is 30.5 Å². The third kappa shape index (κ3) is 3.86. The predicted octanol–water partition coefficient (Wildman–Crippen LogP) is 4.27. The van der Waals surface area contributed by atoms with Crippen molar-refractivity contribution in [2.24, 2.45) is 0 Å². The monoisotopic (exact) mass is 407 g/mol. The van der Waals surface area contributed by atoms with Crippen molar-refractivity contribution in [1.82, 2.24) is 14.5 Å². The number of rotatable bonds is 3. The zero-order chi connectivity index (χ0) is 21.3. The van der Waals surface area contributed by atoms with Crippen LogP contribution < -0.4 is 5.43 Å². The molecule has 6 heteroatoms. The lowest BCUT2D eigenvalue weighted by atomic mass is 9.94. The number of fused-ring (bicyclic) bond motifs is 1. The van der Waals surface area contributed by atoms with Crippen molar-refractivity contribution in [3.8, 4) is 0 Å². The molecular weight excluding hydrogens is 381 g/mol. The van der Waals surface area contributed by atoms with E-state index in [0.29, 0.717) is 30.7 Å². The molecule has 1 amide bonds. The van der Waals surface area contributed by atoms with E-state index in [-0.39, 0.29) is 28.6 Å². The van der Waals surface area contributed by atoms with Crippen LogP contribution >= 0.6 is 0 Å². The molecule has 0 spiro atoms. The summed E-state index contributed by atoms with van der Waals surface area (Å²) < 4.78 is 15.2. The van der Waals surface area contributed by atoms with Crippen molar-refractivity contribution >= 4 is 16.9 Å². The van der Waals surface area contributed by atoms with Crippen LogP contribution in [0.25, 0.3) is 11.0 Å². The molecule has 0 aliphatic carbocycles. The molecule has 1 aromatic carbocycles. The lowest BCUT2D eigenvalue weighted by molar-refractivity contribution is 0.0752. The van der Waals surface area contributed by atoms with Gasteiger partial charge in [-0.15, -0.1) is 0 Å². The molecule has 156 valence electrons. The highest BCUT2D eigenvalue weighted by Crippen LogP contribution is 2.27. The highest BCUT2D eigenvalue weighted by atomic mass is 19.1. The quantitative estimate of drug-likeness (QED) is 0.651. The van der Waals surface area contributed by atoms with Crippen LogP contribution in [0.4, 0.5) is 4.39 Å². The van der Waals surface area contributed by atoms with Gasteiger partial charge in [-0.3, -0.25) is 9.59 Å². The van der Waals surface area contributed by atoms with Crippen LogP contribution in [-0.4, -0.2) is 33.4 Å². The molecule has 3 heterocycles. The highest BCUT2D eigenvalue weighted by molar-refractivity contribution is 5.97. The van der Waals surface area contributed by atoms with Crippen LogP contribution in [0.5, 0.6) is 0 Å². The molecule has 0 radical (unpaired) electrons. The molecule has 5 nitrogen and oxygen atoms in total. The van der Waals surface area contributed by atoms with Gasteiger partial charge in [0.15, 0.2) is 0 Å². The maximum absolute atomic E-state index is 13.4. The number of nitrogens with zero attached hydrogens (tertiary/aromatic N) is 3. The summed E-state index contributed by atoms with van der Waals surface area (Å²) in [4.78, 5) is 32.8. The zero-order valence-electron chi connectivity index (χ0n) is 17.4. The Morgan fingerprint density at radius 1 is 1.17 bits per heavy atom. The van der Waals surface area contributed by atoms with E-state index < -0.39 is 0 Å². The molecule has 1 fully saturated rings. The van der Waals surface area contributed by atoms with Gasteiger partial charge in [0.25, 0.3) is 5.91 Å². The van der Waals surface area contributed by atoms with E-state index in [2.05, 4.69) is 4.98 Å². The SMILES string of the molecule is CCn1cc(C(=O)N2CCCCC(c3ccc(F)cc3)C2)c(=O)c2ccc(C)nc21. The second-order valence-electron chi connectivity index (χ2n) is 7.98. The molecule has 0 bridgehead atoms. The minimum absolute atomic E-state index is 0.134. The van der Waals surface area contributed by atoms with Crippen molar-refractivity contribution < 1.29 is 9.18 Å². The number of aryl methyl sites for hydroxylation is 2. The maximum Gasteiger partial charge on any atom is 0.259 e. The Hall–Kier alpha value is -3.02. The number of aromatic nitrogens is 2. The van der Waals surface area contributed by atoms with E-state index in [4.69, 9.17) is 0 Å². The van der Waals surface area contributed by atoms with E-state index in [1.807, 2.05) is 18.4 Å². The molecule has 30 heavy (non-hydrogen) atoms. The summed E-state index contributed by atoms with van der Waals surface area (Å²) in [5.41, 5.74) is 2.39. The van der Waals surface area contributed by atoms with E-state index in [1.54, 1.807) is 35.4 Å². The summed E-state index contributed by atoms with van der Waals surface area (Å²) in [5, 5.41) is 0.471. The third-order valence-corrected chi connectivity index (χ3v) is 5.93. The zero-order valence-corrected chi connectivity index (χ0v) is 17.4. The van der Waals surface area contributed by atoms with Gasteiger partial charge < -0.3 is 9.47 Å². The summed E-state index contributed by atoms with van der Waals surface area (Å²) >= 11 is 0. The number of hydrogen-bond donors (Lipinski definition) is 0. The van der Waals surface area contributed by atoms with Gasteiger partial charge in [0, 0.05) is 37.4 Å². The Bertz CT molecular complexity index is 1140. The smallest absolute Gasteiger partial charge is 0.259 e. The number of carbonyl (C=O) groups excluding carboxylic acids is 1. The minimum Gasteiger partial charge on any atom is -0.338 e. The number of hydrogen-bond acceptors (Lipinski definition) is 3. The lowest BCUT2D eigenvalue weighted by Gasteiger charge is -2.25.